The molecule has 0 spiro atoms. The van der Waals surface area contributed by atoms with Crippen molar-refractivity contribution in [3.8, 4) is 23.1 Å². The molecule has 0 saturated heterocycles. The molecule has 1 aromatic heterocycles. The molecule has 8 heteroatoms. The van der Waals surface area contributed by atoms with E-state index in [4.69, 9.17) is 10.5 Å². The third-order valence-electron chi connectivity index (χ3n) is 2.70. The number of benzene rings is 1. The van der Waals surface area contributed by atoms with Gasteiger partial charge in [0.2, 0.25) is 15.0 Å². The van der Waals surface area contributed by atoms with E-state index >= 15 is 0 Å². The summed E-state index contributed by atoms with van der Waals surface area (Å²) in [7, 11) is -2.14. The van der Waals surface area contributed by atoms with Gasteiger partial charge >= 0.3 is 0 Å². The number of hydrogen-bond acceptors (Lipinski definition) is 7. The van der Waals surface area contributed by atoms with Crippen molar-refractivity contribution in [3.05, 3.63) is 29.8 Å². The molecule has 1 heterocycles. The molecule has 2 rings (SSSR count). The molecule has 0 aliphatic heterocycles. The lowest BCUT2D eigenvalue weighted by molar-refractivity contribution is 0.415. The quantitative estimate of drug-likeness (QED) is 0.840. The van der Waals surface area contributed by atoms with Crippen molar-refractivity contribution >= 4 is 15.7 Å². The van der Waals surface area contributed by atoms with Gasteiger partial charge in [0.05, 0.1) is 12.8 Å². The van der Waals surface area contributed by atoms with Crippen molar-refractivity contribution < 1.29 is 13.2 Å². The lowest BCUT2D eigenvalue weighted by Crippen LogP contribution is -2.10. The largest absolute Gasteiger partial charge is 0.497 e. The summed E-state index contributed by atoms with van der Waals surface area (Å²) in [4.78, 5) is 7.63. The van der Waals surface area contributed by atoms with Crippen molar-refractivity contribution in [2.45, 2.75) is 5.16 Å². The van der Waals surface area contributed by atoms with Gasteiger partial charge in [-0.3, -0.25) is 0 Å². The summed E-state index contributed by atoms with van der Waals surface area (Å²) in [5.41, 5.74) is 6.37. The maximum absolute atomic E-state index is 11.6. The second-order valence-electron chi connectivity index (χ2n) is 4.23. The molecule has 0 aliphatic rings. The van der Waals surface area contributed by atoms with Gasteiger partial charge < -0.3 is 10.5 Å². The molecule has 21 heavy (non-hydrogen) atoms. The molecular formula is C13H12N4O3S. The van der Waals surface area contributed by atoms with Gasteiger partial charge in [0.1, 0.15) is 23.2 Å². The van der Waals surface area contributed by atoms with Crippen LogP contribution in [0.15, 0.2) is 29.4 Å². The predicted octanol–water partition coefficient (Wildman–Crippen LogP) is 1.01. The number of ether oxygens (including phenoxy) is 1. The Bertz CT molecular complexity index is 841. The van der Waals surface area contributed by atoms with Gasteiger partial charge in [-0.25, -0.2) is 13.4 Å². The molecule has 0 saturated carbocycles. The van der Waals surface area contributed by atoms with Crippen LogP contribution in [-0.4, -0.2) is 31.8 Å². The summed E-state index contributed by atoms with van der Waals surface area (Å²) in [6.07, 6.45) is 0.975. The Kier molecular flexibility index (Phi) is 3.78. The fourth-order valence-corrected chi connectivity index (χ4v) is 2.23. The number of methoxy groups -OCH3 is 1. The molecule has 0 atom stereocenters. The van der Waals surface area contributed by atoms with E-state index in [0.29, 0.717) is 11.3 Å². The fraction of sp³-hybridized carbons (Fsp3) is 0.154. The predicted molar refractivity (Wildman–Crippen MR) is 76.3 cm³/mol. The third-order valence-corrected chi connectivity index (χ3v) is 3.55. The Morgan fingerprint density at radius 1 is 1.33 bits per heavy atom. The molecule has 2 N–H and O–H groups in total. The van der Waals surface area contributed by atoms with Gasteiger partial charge in [0, 0.05) is 11.8 Å². The Labute approximate surface area is 121 Å². The number of anilines is 1. The third kappa shape index (κ3) is 2.93. The second-order valence-corrected chi connectivity index (χ2v) is 6.14. The molecule has 0 unspecified atom stereocenters. The van der Waals surface area contributed by atoms with Crippen molar-refractivity contribution in [1.29, 1.82) is 5.26 Å². The first kappa shape index (κ1) is 14.7. The van der Waals surface area contributed by atoms with E-state index < -0.39 is 15.0 Å². The van der Waals surface area contributed by atoms with Crippen LogP contribution < -0.4 is 10.5 Å². The molecule has 0 aliphatic carbocycles. The highest BCUT2D eigenvalue weighted by molar-refractivity contribution is 7.90. The average molecular weight is 304 g/mol. The Morgan fingerprint density at radius 3 is 2.62 bits per heavy atom. The number of sulfone groups is 1. The summed E-state index contributed by atoms with van der Waals surface area (Å²) in [5, 5.41) is 8.77. The SMILES string of the molecule is COc1cccc(-c2nc(S(C)(=O)=O)nc(N)c2C#N)c1. The van der Waals surface area contributed by atoms with Crippen LogP contribution in [-0.2, 0) is 9.84 Å². The number of rotatable bonds is 3. The van der Waals surface area contributed by atoms with Crippen LogP contribution >= 0.6 is 0 Å². The minimum atomic E-state index is -3.64. The molecule has 2 aromatic rings. The van der Waals surface area contributed by atoms with E-state index in [0.717, 1.165) is 6.26 Å². The number of nitrogen functional groups attached to an aromatic ring is 1. The van der Waals surface area contributed by atoms with E-state index in [9.17, 15) is 13.7 Å². The zero-order valence-electron chi connectivity index (χ0n) is 11.4. The van der Waals surface area contributed by atoms with E-state index in [-0.39, 0.29) is 17.1 Å². The number of nitriles is 1. The Hall–Kier alpha value is -2.66. The number of aromatic nitrogens is 2. The zero-order valence-corrected chi connectivity index (χ0v) is 12.2. The van der Waals surface area contributed by atoms with Crippen LogP contribution in [0.25, 0.3) is 11.3 Å². The molecule has 0 fully saturated rings. The van der Waals surface area contributed by atoms with Crippen LogP contribution in [0.2, 0.25) is 0 Å². The minimum Gasteiger partial charge on any atom is -0.497 e. The van der Waals surface area contributed by atoms with Crippen LogP contribution in [0.3, 0.4) is 0 Å². The van der Waals surface area contributed by atoms with Crippen LogP contribution in [0.1, 0.15) is 5.56 Å². The van der Waals surface area contributed by atoms with Crippen molar-refractivity contribution in [1.82, 2.24) is 9.97 Å². The summed E-state index contributed by atoms with van der Waals surface area (Å²) in [6, 6.07) is 8.63. The van der Waals surface area contributed by atoms with Gasteiger partial charge in [-0.1, -0.05) is 12.1 Å². The van der Waals surface area contributed by atoms with E-state index in [1.54, 1.807) is 24.3 Å². The smallest absolute Gasteiger partial charge is 0.249 e. The normalized spacial score (nSPS) is 10.9. The minimum absolute atomic E-state index is 0.0238. The standard InChI is InChI=1S/C13H12N4O3S/c1-20-9-5-3-4-8(6-9)11-10(7-14)12(15)17-13(16-11)21(2,18)19/h3-6H,1-2H3,(H2,15,16,17). The molecule has 0 amide bonds. The molecular weight excluding hydrogens is 292 g/mol. The average Bonchev–Trinajstić information content (AvgIpc) is 2.45. The number of nitrogens with zero attached hydrogens (tertiary/aromatic N) is 3. The highest BCUT2D eigenvalue weighted by Crippen LogP contribution is 2.28. The van der Waals surface area contributed by atoms with E-state index in [1.807, 2.05) is 6.07 Å². The summed E-state index contributed by atoms with van der Waals surface area (Å²) in [6.45, 7) is 0. The molecule has 1 aromatic carbocycles. The first-order valence-electron chi connectivity index (χ1n) is 5.79. The first-order chi connectivity index (χ1) is 9.86. The highest BCUT2D eigenvalue weighted by atomic mass is 32.2. The van der Waals surface area contributed by atoms with Crippen LogP contribution in [0.4, 0.5) is 5.82 Å². The lowest BCUT2D eigenvalue weighted by atomic mass is 10.1. The summed E-state index contributed by atoms with van der Waals surface area (Å²) >= 11 is 0. The van der Waals surface area contributed by atoms with Gasteiger partial charge in [-0.2, -0.15) is 10.2 Å². The maximum atomic E-state index is 11.6. The first-order valence-corrected chi connectivity index (χ1v) is 7.68. The lowest BCUT2D eigenvalue weighted by Gasteiger charge is -2.09. The fourth-order valence-electron chi connectivity index (χ4n) is 1.71. The Morgan fingerprint density at radius 2 is 2.05 bits per heavy atom. The second kappa shape index (κ2) is 5.38. The van der Waals surface area contributed by atoms with Crippen molar-refractivity contribution in [2.75, 3.05) is 19.1 Å². The van der Waals surface area contributed by atoms with Gasteiger partial charge in [0.15, 0.2) is 0 Å². The van der Waals surface area contributed by atoms with Gasteiger partial charge in [0.25, 0.3) is 0 Å². The van der Waals surface area contributed by atoms with Gasteiger partial charge in [-0.15, -0.1) is 0 Å². The Balaban J connectivity index is 2.77. The number of hydrogen-bond donors (Lipinski definition) is 1. The van der Waals surface area contributed by atoms with E-state index in [1.165, 1.54) is 7.11 Å². The van der Waals surface area contributed by atoms with Crippen LogP contribution in [0, 0.1) is 11.3 Å². The monoisotopic (exact) mass is 304 g/mol. The topological polar surface area (TPSA) is 119 Å². The van der Waals surface area contributed by atoms with Crippen molar-refractivity contribution in [3.63, 3.8) is 0 Å². The number of nitrogens with two attached hydrogens (primary N) is 1. The highest BCUT2D eigenvalue weighted by Gasteiger charge is 2.19. The molecule has 7 nitrogen and oxygen atoms in total. The molecule has 0 bridgehead atoms. The van der Waals surface area contributed by atoms with E-state index in [2.05, 4.69) is 9.97 Å². The molecule has 108 valence electrons. The summed E-state index contributed by atoms with van der Waals surface area (Å²) < 4.78 is 28.3. The van der Waals surface area contributed by atoms with Crippen LogP contribution in [0.5, 0.6) is 5.75 Å². The molecule has 0 radical (unpaired) electrons. The van der Waals surface area contributed by atoms with Gasteiger partial charge in [-0.05, 0) is 12.1 Å². The zero-order chi connectivity index (χ0) is 15.6. The maximum Gasteiger partial charge on any atom is 0.249 e. The van der Waals surface area contributed by atoms with Crippen molar-refractivity contribution in [2.24, 2.45) is 0 Å². The summed E-state index contributed by atoms with van der Waals surface area (Å²) in [5.74, 6) is 0.375.